The second-order valence-corrected chi connectivity index (χ2v) is 7.79. The summed E-state index contributed by atoms with van der Waals surface area (Å²) < 4.78 is 7.28. The van der Waals surface area contributed by atoms with E-state index in [1.165, 1.54) is 11.3 Å². The Hall–Kier alpha value is -3.72. The van der Waals surface area contributed by atoms with Crippen LogP contribution in [0.15, 0.2) is 53.1 Å². The second kappa shape index (κ2) is 6.71. The molecule has 0 aliphatic rings. The number of para-hydroxylation sites is 2. The number of thiophene rings is 1. The largest absolute Gasteiger partial charge is 0.439 e. The van der Waals surface area contributed by atoms with Crippen LogP contribution in [0.2, 0.25) is 0 Å². The number of nitrogens with two attached hydrogens (primary N) is 1. The lowest BCUT2D eigenvalue weighted by Crippen LogP contribution is -2.21. The van der Waals surface area contributed by atoms with Gasteiger partial charge < -0.3 is 15.5 Å². The van der Waals surface area contributed by atoms with Gasteiger partial charge in [-0.3, -0.25) is 4.79 Å². The van der Waals surface area contributed by atoms with Gasteiger partial charge in [-0.15, -0.1) is 16.4 Å². The van der Waals surface area contributed by atoms with E-state index in [0.717, 1.165) is 21.5 Å². The van der Waals surface area contributed by atoms with E-state index in [0.29, 0.717) is 22.0 Å². The van der Waals surface area contributed by atoms with Crippen LogP contribution < -0.4 is 11.1 Å². The van der Waals surface area contributed by atoms with E-state index in [-0.39, 0.29) is 18.4 Å². The van der Waals surface area contributed by atoms with Gasteiger partial charge in [0.05, 0.1) is 11.4 Å². The van der Waals surface area contributed by atoms with Crippen molar-refractivity contribution in [2.45, 2.75) is 13.5 Å². The molecule has 4 heterocycles. The molecule has 1 amide bonds. The number of benzene rings is 1. The second-order valence-electron chi connectivity index (χ2n) is 6.53. The van der Waals surface area contributed by atoms with Crippen molar-refractivity contribution >= 4 is 39.9 Å². The van der Waals surface area contributed by atoms with Crippen molar-refractivity contribution in [2.75, 3.05) is 5.73 Å². The standard InChI is InChI=1S/C20H16N6O2S/c1-11-13(12-6-7-17-24-20(21)25-26(17)10-12)8-16(29-11)19(27)22-9-18-23-14-4-2-3-5-15(14)28-18/h2-8,10H,9H2,1H3,(H2,21,25)(H,22,27). The molecule has 0 saturated heterocycles. The summed E-state index contributed by atoms with van der Waals surface area (Å²) >= 11 is 1.44. The van der Waals surface area contributed by atoms with Gasteiger partial charge in [0.25, 0.3) is 5.91 Å². The van der Waals surface area contributed by atoms with E-state index >= 15 is 0 Å². The van der Waals surface area contributed by atoms with Crippen LogP contribution in [0.5, 0.6) is 0 Å². The zero-order chi connectivity index (χ0) is 20.0. The summed E-state index contributed by atoms with van der Waals surface area (Å²) in [6, 6.07) is 13.2. The summed E-state index contributed by atoms with van der Waals surface area (Å²) in [5.41, 5.74) is 9.72. The first-order valence-corrected chi connectivity index (χ1v) is 9.74. The van der Waals surface area contributed by atoms with Crippen LogP contribution in [0.4, 0.5) is 5.95 Å². The lowest BCUT2D eigenvalue weighted by molar-refractivity contribution is 0.0951. The molecule has 0 radical (unpaired) electrons. The number of aromatic nitrogens is 4. The van der Waals surface area contributed by atoms with Gasteiger partial charge in [0.15, 0.2) is 11.2 Å². The molecule has 0 spiro atoms. The van der Waals surface area contributed by atoms with Crippen molar-refractivity contribution in [1.82, 2.24) is 24.9 Å². The van der Waals surface area contributed by atoms with E-state index in [1.54, 1.807) is 4.52 Å². The van der Waals surface area contributed by atoms with E-state index in [9.17, 15) is 4.79 Å². The summed E-state index contributed by atoms with van der Waals surface area (Å²) in [6.07, 6.45) is 1.85. The monoisotopic (exact) mass is 404 g/mol. The Labute approximate surface area is 169 Å². The highest BCUT2D eigenvalue weighted by Crippen LogP contribution is 2.31. The lowest BCUT2D eigenvalue weighted by atomic mass is 10.1. The molecule has 0 saturated carbocycles. The van der Waals surface area contributed by atoms with Gasteiger partial charge in [-0.1, -0.05) is 12.1 Å². The number of nitrogen functional groups attached to an aromatic ring is 1. The van der Waals surface area contributed by atoms with Crippen LogP contribution in [0, 0.1) is 6.92 Å². The topological polar surface area (TPSA) is 111 Å². The van der Waals surface area contributed by atoms with Crippen molar-refractivity contribution in [3.05, 3.63) is 64.3 Å². The molecule has 0 unspecified atom stereocenters. The van der Waals surface area contributed by atoms with Crippen LogP contribution in [-0.2, 0) is 6.54 Å². The number of nitrogens with one attached hydrogen (secondary N) is 1. The van der Waals surface area contributed by atoms with E-state index in [4.69, 9.17) is 10.2 Å². The summed E-state index contributed by atoms with van der Waals surface area (Å²) in [6.45, 7) is 2.21. The molecule has 8 nitrogen and oxygen atoms in total. The van der Waals surface area contributed by atoms with Crippen molar-refractivity contribution in [1.29, 1.82) is 0 Å². The Morgan fingerprint density at radius 2 is 2.10 bits per heavy atom. The number of aryl methyl sites for hydroxylation is 1. The molecule has 5 rings (SSSR count). The molecular weight excluding hydrogens is 388 g/mol. The molecule has 5 aromatic rings. The van der Waals surface area contributed by atoms with Crippen molar-refractivity contribution < 1.29 is 9.21 Å². The summed E-state index contributed by atoms with van der Waals surface area (Å²) in [7, 11) is 0. The van der Waals surface area contributed by atoms with Crippen LogP contribution in [0.3, 0.4) is 0 Å². The number of anilines is 1. The number of carbonyl (C=O) groups is 1. The van der Waals surface area contributed by atoms with Gasteiger partial charge >= 0.3 is 0 Å². The van der Waals surface area contributed by atoms with Gasteiger partial charge in [0.2, 0.25) is 11.8 Å². The molecule has 3 N–H and O–H groups in total. The number of fused-ring (bicyclic) bond motifs is 2. The van der Waals surface area contributed by atoms with E-state index < -0.39 is 0 Å². The van der Waals surface area contributed by atoms with Crippen molar-refractivity contribution in [3.63, 3.8) is 0 Å². The fourth-order valence-corrected chi connectivity index (χ4v) is 4.14. The predicted molar refractivity (Wildman–Crippen MR) is 111 cm³/mol. The van der Waals surface area contributed by atoms with Crippen LogP contribution >= 0.6 is 11.3 Å². The number of amides is 1. The van der Waals surface area contributed by atoms with Crippen LogP contribution in [-0.4, -0.2) is 25.5 Å². The fraction of sp³-hybridized carbons (Fsp3) is 0.100. The Morgan fingerprint density at radius 1 is 1.24 bits per heavy atom. The highest BCUT2D eigenvalue weighted by molar-refractivity contribution is 7.14. The normalized spacial score (nSPS) is 11.3. The predicted octanol–water partition coefficient (Wildman–Crippen LogP) is 3.42. The van der Waals surface area contributed by atoms with Crippen LogP contribution in [0.25, 0.3) is 27.9 Å². The summed E-state index contributed by atoms with van der Waals surface area (Å²) in [5.74, 6) is 0.531. The molecule has 0 fully saturated rings. The first kappa shape index (κ1) is 17.4. The lowest BCUT2D eigenvalue weighted by Gasteiger charge is -2.01. The summed E-state index contributed by atoms with van der Waals surface area (Å²) in [5, 5.41) is 7.01. The minimum Gasteiger partial charge on any atom is -0.439 e. The molecule has 0 atom stereocenters. The number of oxazole rings is 1. The Morgan fingerprint density at radius 3 is 2.97 bits per heavy atom. The number of pyridine rings is 1. The Balaban J connectivity index is 1.36. The summed E-state index contributed by atoms with van der Waals surface area (Å²) in [4.78, 5) is 22.8. The number of nitrogens with zero attached hydrogens (tertiary/aromatic N) is 4. The fourth-order valence-electron chi connectivity index (χ4n) is 3.18. The zero-order valence-electron chi connectivity index (χ0n) is 15.4. The maximum absolute atomic E-state index is 12.6. The highest BCUT2D eigenvalue weighted by atomic mass is 32.1. The molecule has 4 aromatic heterocycles. The van der Waals surface area contributed by atoms with E-state index in [1.807, 2.05) is 55.6 Å². The Kier molecular flexibility index (Phi) is 4.02. The maximum atomic E-state index is 12.6. The van der Waals surface area contributed by atoms with Gasteiger partial charge in [-0.05, 0) is 42.8 Å². The van der Waals surface area contributed by atoms with Crippen molar-refractivity contribution in [2.24, 2.45) is 0 Å². The molecule has 0 aliphatic heterocycles. The van der Waals surface area contributed by atoms with Gasteiger partial charge in [0, 0.05) is 16.6 Å². The Bertz CT molecular complexity index is 1330. The van der Waals surface area contributed by atoms with E-state index in [2.05, 4.69) is 20.4 Å². The number of rotatable bonds is 4. The van der Waals surface area contributed by atoms with Crippen LogP contribution in [0.1, 0.15) is 20.4 Å². The number of carbonyl (C=O) groups excluding carboxylic acids is 1. The van der Waals surface area contributed by atoms with Crippen molar-refractivity contribution in [3.8, 4) is 11.1 Å². The zero-order valence-corrected chi connectivity index (χ0v) is 16.2. The molecular formula is C20H16N6O2S. The minimum atomic E-state index is -0.169. The first-order valence-electron chi connectivity index (χ1n) is 8.92. The third kappa shape index (κ3) is 3.21. The number of hydrogen-bond donors (Lipinski definition) is 2. The quantitative estimate of drug-likeness (QED) is 0.475. The molecule has 144 valence electrons. The molecule has 1 aromatic carbocycles. The van der Waals surface area contributed by atoms with Gasteiger partial charge in [-0.25, -0.2) is 9.50 Å². The average Bonchev–Trinajstić information content (AvgIpc) is 3.40. The highest BCUT2D eigenvalue weighted by Gasteiger charge is 2.15. The van der Waals surface area contributed by atoms with Gasteiger partial charge in [0.1, 0.15) is 5.52 Å². The van der Waals surface area contributed by atoms with Gasteiger partial charge in [-0.2, -0.15) is 4.98 Å². The minimum absolute atomic E-state index is 0.169. The average molecular weight is 404 g/mol. The third-order valence-electron chi connectivity index (χ3n) is 4.54. The molecule has 0 bridgehead atoms. The number of hydrogen-bond acceptors (Lipinski definition) is 7. The first-order chi connectivity index (χ1) is 14.1. The SMILES string of the molecule is Cc1sc(C(=O)NCc2nc3ccccc3o2)cc1-c1ccc2nc(N)nn2c1. The maximum Gasteiger partial charge on any atom is 0.261 e. The molecule has 0 aliphatic carbocycles. The molecule has 9 heteroatoms. The molecule has 29 heavy (non-hydrogen) atoms. The smallest absolute Gasteiger partial charge is 0.261 e. The third-order valence-corrected chi connectivity index (χ3v) is 5.59.